The molecule has 0 aromatic rings. The van der Waals surface area contributed by atoms with Gasteiger partial charge in [0.2, 0.25) is 0 Å². The molecule has 0 aliphatic carbocycles. The molecule has 0 rings (SSSR count). The van der Waals surface area contributed by atoms with Gasteiger partial charge in [0.25, 0.3) is 0 Å². The summed E-state index contributed by atoms with van der Waals surface area (Å²) >= 11 is 3.32. The van der Waals surface area contributed by atoms with E-state index in [9.17, 15) is 23.8 Å². The average Bonchev–Trinajstić information content (AvgIpc) is 2.73. The summed E-state index contributed by atoms with van der Waals surface area (Å²) in [4.78, 5) is 49.7. The summed E-state index contributed by atoms with van der Waals surface area (Å²) in [7, 11) is -0.772. The molecule has 0 amide bonds. The zero-order chi connectivity index (χ0) is 28.2. The lowest BCUT2D eigenvalue weighted by Crippen LogP contribution is -2.45. The van der Waals surface area contributed by atoms with Crippen LogP contribution in [0.2, 0.25) is 0 Å². The van der Waals surface area contributed by atoms with Gasteiger partial charge in [-0.3, -0.25) is 23.4 Å². The maximum absolute atomic E-state index is 13.2. The van der Waals surface area contributed by atoms with Crippen molar-refractivity contribution >= 4 is 41.7 Å². The molecule has 208 valence electrons. The van der Waals surface area contributed by atoms with Crippen molar-refractivity contribution in [2.75, 3.05) is 53.7 Å². The summed E-state index contributed by atoms with van der Waals surface area (Å²) in [6, 6.07) is 0. The highest BCUT2D eigenvalue weighted by Gasteiger charge is 2.49. The van der Waals surface area contributed by atoms with Gasteiger partial charge in [-0.05, 0) is 61.6 Å². The summed E-state index contributed by atoms with van der Waals surface area (Å²) in [5, 5.41) is 0. The Morgan fingerprint density at radius 2 is 1.53 bits per heavy atom. The second-order valence-corrected chi connectivity index (χ2v) is 12.8. The molecule has 0 aliphatic rings. The monoisotopic (exact) mass is 599 g/mol. The number of carbonyl (C=O) groups excluding carboxylic acids is 3. The lowest BCUT2D eigenvalue weighted by Gasteiger charge is -2.37. The largest absolute Gasteiger partial charge is 0.472 e. The number of phosphoric acid groups is 1. The number of hydrogen-bond acceptors (Lipinski definition) is 10. The molecule has 36 heavy (non-hydrogen) atoms. The highest BCUT2D eigenvalue weighted by Crippen LogP contribution is 2.45. The third-order valence-electron chi connectivity index (χ3n) is 4.95. The van der Waals surface area contributed by atoms with Crippen LogP contribution in [0.4, 0.5) is 0 Å². The Hall–Kier alpha value is -1.48. The molecule has 0 aromatic carbocycles. The molecule has 0 spiro atoms. The maximum Gasteiger partial charge on any atom is 0.472 e. The van der Waals surface area contributed by atoms with Crippen LogP contribution in [-0.2, 0) is 42.2 Å². The van der Waals surface area contributed by atoms with Crippen LogP contribution in [-0.4, -0.2) is 85.7 Å². The molecule has 1 N–H and O–H groups in total. The van der Waals surface area contributed by atoms with Crippen molar-refractivity contribution in [3.05, 3.63) is 0 Å². The molecule has 3 atom stereocenters. The molecule has 11 nitrogen and oxygen atoms in total. The summed E-state index contributed by atoms with van der Waals surface area (Å²) in [5.41, 5.74) is -2.48. The first-order chi connectivity index (χ1) is 16.4. The molecule has 13 heteroatoms. The van der Waals surface area contributed by atoms with Crippen LogP contribution in [0.5, 0.6) is 0 Å². The number of halogens is 1. The van der Waals surface area contributed by atoms with Crippen molar-refractivity contribution in [1.29, 1.82) is 0 Å². The molecule has 0 aromatic heterocycles. The van der Waals surface area contributed by atoms with Gasteiger partial charge in [-0.25, -0.2) is 4.57 Å². The van der Waals surface area contributed by atoms with E-state index in [1.54, 1.807) is 46.7 Å². The smallest absolute Gasteiger partial charge is 0.466 e. The minimum absolute atomic E-state index is 0.0266. The van der Waals surface area contributed by atoms with Gasteiger partial charge in [0.1, 0.15) is 10.9 Å². The minimum atomic E-state index is -4.33. The third-order valence-corrected chi connectivity index (χ3v) is 6.57. The summed E-state index contributed by atoms with van der Waals surface area (Å²) in [6.45, 7) is 7.50. The number of ether oxygens (including phenoxy) is 3. The van der Waals surface area contributed by atoms with E-state index >= 15 is 0 Å². The van der Waals surface area contributed by atoms with Crippen LogP contribution in [0.3, 0.4) is 0 Å². The highest BCUT2D eigenvalue weighted by molar-refractivity contribution is 9.10. The fourth-order valence-electron chi connectivity index (χ4n) is 3.48. The Morgan fingerprint density at radius 3 is 2.06 bits per heavy atom. The van der Waals surface area contributed by atoms with Crippen molar-refractivity contribution in [1.82, 2.24) is 4.90 Å². The number of carbonyl (C=O) groups is 3. The van der Waals surface area contributed by atoms with Crippen LogP contribution in [0.15, 0.2) is 0 Å². The minimum Gasteiger partial charge on any atom is -0.466 e. The van der Waals surface area contributed by atoms with E-state index in [4.69, 9.17) is 29.7 Å². The second kappa shape index (κ2) is 15.1. The van der Waals surface area contributed by atoms with E-state index in [1.165, 1.54) is 6.92 Å². The van der Waals surface area contributed by atoms with Gasteiger partial charge in [0.15, 0.2) is 6.61 Å². The predicted octanol–water partition coefficient (Wildman–Crippen LogP) is 2.93. The van der Waals surface area contributed by atoms with Crippen LogP contribution in [0.1, 0.15) is 47.5 Å². The second-order valence-electron chi connectivity index (χ2n) is 9.57. The van der Waals surface area contributed by atoms with Crippen molar-refractivity contribution in [2.24, 2.45) is 10.8 Å². The first-order valence-electron chi connectivity index (χ1n) is 11.3. The molecule has 0 fully saturated rings. The number of phosphoric ester groups is 1. The van der Waals surface area contributed by atoms with Gasteiger partial charge >= 0.3 is 25.7 Å². The average molecular weight is 600 g/mol. The summed E-state index contributed by atoms with van der Waals surface area (Å²) in [5.74, 6) is 0.246. The molecule has 0 heterocycles. The Kier molecular flexibility index (Phi) is 14.4. The van der Waals surface area contributed by atoms with Gasteiger partial charge in [-0.2, -0.15) is 0 Å². The summed E-state index contributed by atoms with van der Waals surface area (Å²) < 4.78 is 35.8. The Bertz CT molecular complexity index is 839. The molecule has 0 saturated carbocycles. The number of hydrogen-bond donors (Lipinski definition) is 1. The SMILES string of the molecule is C#CCOC(=O)C(C)(Br)CC(C)(CC(C)(C)C(=O)OCC)C(=O)OCCOP(=O)(O)OCCN(C)C. The van der Waals surface area contributed by atoms with Gasteiger partial charge in [0.05, 0.1) is 30.7 Å². The zero-order valence-corrected chi connectivity index (χ0v) is 24.6. The Balaban J connectivity index is 5.47. The van der Waals surface area contributed by atoms with Crippen molar-refractivity contribution in [3.8, 4) is 12.3 Å². The van der Waals surface area contributed by atoms with Gasteiger partial charge < -0.3 is 24.0 Å². The number of rotatable bonds is 17. The van der Waals surface area contributed by atoms with E-state index in [-0.39, 0.29) is 39.3 Å². The first kappa shape index (κ1) is 34.5. The molecular weight excluding hydrogens is 561 g/mol. The summed E-state index contributed by atoms with van der Waals surface area (Å²) in [6.07, 6.45) is 5.00. The van der Waals surface area contributed by atoms with E-state index in [1.807, 2.05) is 0 Å². The lowest BCUT2D eigenvalue weighted by molar-refractivity contribution is -0.164. The van der Waals surface area contributed by atoms with E-state index < -0.39 is 47.5 Å². The van der Waals surface area contributed by atoms with Crippen molar-refractivity contribution in [3.63, 3.8) is 0 Å². The quantitative estimate of drug-likeness (QED) is 0.0659. The highest BCUT2D eigenvalue weighted by atomic mass is 79.9. The zero-order valence-electron chi connectivity index (χ0n) is 22.1. The van der Waals surface area contributed by atoms with Gasteiger partial charge in [0, 0.05) is 6.54 Å². The fourth-order valence-corrected chi connectivity index (χ4v) is 4.91. The molecule has 0 radical (unpaired) electrons. The van der Waals surface area contributed by atoms with E-state index in [0.717, 1.165) is 0 Å². The number of nitrogens with zero attached hydrogens (tertiary/aromatic N) is 1. The first-order valence-corrected chi connectivity index (χ1v) is 13.6. The normalized spacial score (nSPS) is 16.7. The Morgan fingerprint density at radius 1 is 0.944 bits per heavy atom. The fraction of sp³-hybridized carbons (Fsp3) is 0.783. The van der Waals surface area contributed by atoms with Crippen LogP contribution >= 0.6 is 23.8 Å². The van der Waals surface area contributed by atoms with Gasteiger partial charge in [-0.1, -0.05) is 21.9 Å². The molecule has 3 unspecified atom stereocenters. The predicted molar refractivity (Wildman–Crippen MR) is 136 cm³/mol. The molecule has 0 saturated heterocycles. The number of esters is 3. The standard InChI is InChI=1S/C23H39BrNO10P/c1-9-12-32-20(28)23(6,24)17-22(5,16-21(3,4)18(26)31-10-2)19(27)33-14-15-35-36(29,30)34-13-11-25(7)8/h1H,10-17H2,2-8H3,(H,29,30). The molecule has 0 aliphatic heterocycles. The lowest BCUT2D eigenvalue weighted by atomic mass is 9.69. The van der Waals surface area contributed by atoms with Crippen molar-refractivity contribution < 1.29 is 47.1 Å². The molecule has 0 bridgehead atoms. The number of alkyl halides is 1. The van der Waals surface area contributed by atoms with Crippen molar-refractivity contribution in [2.45, 2.75) is 51.8 Å². The number of terminal acetylenes is 1. The Labute approximate surface area is 222 Å². The van der Waals surface area contributed by atoms with Crippen LogP contribution in [0, 0.1) is 23.2 Å². The van der Waals surface area contributed by atoms with E-state index in [2.05, 4.69) is 21.9 Å². The maximum atomic E-state index is 13.2. The third kappa shape index (κ3) is 12.7. The van der Waals surface area contributed by atoms with Crippen LogP contribution < -0.4 is 0 Å². The van der Waals surface area contributed by atoms with E-state index in [0.29, 0.717) is 6.54 Å². The molecular formula is C23H39BrNO10P. The van der Waals surface area contributed by atoms with Gasteiger partial charge in [-0.15, -0.1) is 6.42 Å². The number of likely N-dealkylation sites (N-methyl/N-ethyl adjacent to an activating group) is 1. The topological polar surface area (TPSA) is 138 Å². The van der Waals surface area contributed by atoms with Crippen LogP contribution in [0.25, 0.3) is 0 Å².